The molecule has 0 saturated carbocycles. The standard InChI is InChI=1S/C18H20FNO/c1-13(2)15-7-5-8-16(12-15)20-18(21)11-10-14-6-3-4-9-17(14)19/h3-9,12-13H,10-11H2,1-2H3,(H,20,21). The van der Waals surface area contributed by atoms with Gasteiger partial charge in [-0.2, -0.15) is 0 Å². The molecule has 1 N–H and O–H groups in total. The van der Waals surface area contributed by atoms with Crippen molar-refractivity contribution in [3.63, 3.8) is 0 Å². The van der Waals surface area contributed by atoms with Crippen LogP contribution < -0.4 is 5.32 Å². The van der Waals surface area contributed by atoms with Crippen LogP contribution in [-0.2, 0) is 11.2 Å². The molecule has 21 heavy (non-hydrogen) atoms. The van der Waals surface area contributed by atoms with Crippen molar-refractivity contribution in [2.75, 3.05) is 5.32 Å². The number of anilines is 1. The van der Waals surface area contributed by atoms with E-state index in [1.807, 2.05) is 24.3 Å². The number of benzene rings is 2. The number of hydrogen-bond donors (Lipinski definition) is 1. The predicted molar refractivity (Wildman–Crippen MR) is 83.9 cm³/mol. The highest BCUT2D eigenvalue weighted by atomic mass is 19.1. The van der Waals surface area contributed by atoms with Crippen LogP contribution in [0, 0.1) is 5.82 Å². The van der Waals surface area contributed by atoms with E-state index in [0.29, 0.717) is 17.9 Å². The number of carbonyl (C=O) groups is 1. The molecule has 0 radical (unpaired) electrons. The van der Waals surface area contributed by atoms with Gasteiger partial charge in [-0.25, -0.2) is 4.39 Å². The van der Waals surface area contributed by atoms with Crippen LogP contribution in [-0.4, -0.2) is 5.91 Å². The van der Waals surface area contributed by atoms with Crippen LogP contribution in [0.5, 0.6) is 0 Å². The molecule has 0 bridgehead atoms. The van der Waals surface area contributed by atoms with Crippen LogP contribution in [0.15, 0.2) is 48.5 Å². The second-order valence-electron chi connectivity index (χ2n) is 5.42. The Kier molecular flexibility index (Phi) is 5.09. The van der Waals surface area contributed by atoms with Crippen molar-refractivity contribution >= 4 is 11.6 Å². The second-order valence-corrected chi connectivity index (χ2v) is 5.42. The monoisotopic (exact) mass is 285 g/mol. The molecule has 110 valence electrons. The molecule has 1 amide bonds. The molecule has 0 heterocycles. The molecule has 0 atom stereocenters. The fraction of sp³-hybridized carbons (Fsp3) is 0.278. The van der Waals surface area contributed by atoms with Crippen LogP contribution >= 0.6 is 0 Å². The van der Waals surface area contributed by atoms with Crippen molar-refractivity contribution in [1.29, 1.82) is 0 Å². The number of hydrogen-bond acceptors (Lipinski definition) is 1. The highest BCUT2D eigenvalue weighted by Gasteiger charge is 2.07. The first kappa shape index (κ1) is 15.2. The summed E-state index contributed by atoms with van der Waals surface area (Å²) in [6.45, 7) is 4.22. The lowest BCUT2D eigenvalue weighted by Gasteiger charge is -2.09. The SMILES string of the molecule is CC(C)c1cccc(NC(=O)CCc2ccccc2F)c1. The zero-order valence-corrected chi connectivity index (χ0v) is 12.4. The summed E-state index contributed by atoms with van der Waals surface area (Å²) in [4.78, 5) is 11.9. The quantitative estimate of drug-likeness (QED) is 0.859. The third-order valence-corrected chi connectivity index (χ3v) is 3.42. The molecule has 2 aromatic rings. The summed E-state index contributed by atoms with van der Waals surface area (Å²) in [5.41, 5.74) is 2.55. The molecular weight excluding hydrogens is 265 g/mol. The van der Waals surface area contributed by atoms with E-state index in [-0.39, 0.29) is 18.1 Å². The van der Waals surface area contributed by atoms with E-state index >= 15 is 0 Å². The van der Waals surface area contributed by atoms with Crippen molar-refractivity contribution < 1.29 is 9.18 Å². The molecule has 0 saturated heterocycles. The Balaban J connectivity index is 1.93. The van der Waals surface area contributed by atoms with Gasteiger partial charge in [0.2, 0.25) is 5.91 Å². The minimum atomic E-state index is -0.257. The van der Waals surface area contributed by atoms with Gasteiger partial charge in [-0.3, -0.25) is 4.79 Å². The van der Waals surface area contributed by atoms with Crippen molar-refractivity contribution in [1.82, 2.24) is 0 Å². The van der Waals surface area contributed by atoms with Crippen molar-refractivity contribution in [3.8, 4) is 0 Å². The average molecular weight is 285 g/mol. The molecule has 0 unspecified atom stereocenters. The van der Waals surface area contributed by atoms with Gasteiger partial charge in [0.1, 0.15) is 5.82 Å². The first-order chi connectivity index (χ1) is 10.1. The molecular formula is C18H20FNO. The fourth-order valence-electron chi connectivity index (χ4n) is 2.15. The van der Waals surface area contributed by atoms with Crippen LogP contribution in [0.1, 0.15) is 37.3 Å². The molecule has 0 fully saturated rings. The Bertz CT molecular complexity index is 622. The Morgan fingerprint density at radius 1 is 1.14 bits per heavy atom. The van der Waals surface area contributed by atoms with E-state index in [2.05, 4.69) is 19.2 Å². The first-order valence-electron chi connectivity index (χ1n) is 7.19. The molecule has 2 rings (SSSR count). The third kappa shape index (κ3) is 4.42. The predicted octanol–water partition coefficient (Wildman–Crippen LogP) is 4.52. The van der Waals surface area contributed by atoms with Gasteiger partial charge in [-0.1, -0.05) is 44.2 Å². The van der Waals surface area contributed by atoms with Gasteiger partial charge in [0, 0.05) is 12.1 Å². The molecule has 2 aromatic carbocycles. The maximum atomic E-state index is 13.5. The van der Waals surface area contributed by atoms with Crippen LogP contribution in [0.25, 0.3) is 0 Å². The molecule has 0 spiro atoms. The van der Waals surface area contributed by atoms with Crippen LogP contribution in [0.4, 0.5) is 10.1 Å². The summed E-state index contributed by atoms with van der Waals surface area (Å²) in [7, 11) is 0. The third-order valence-electron chi connectivity index (χ3n) is 3.42. The molecule has 0 aromatic heterocycles. The lowest BCUT2D eigenvalue weighted by atomic mass is 10.0. The first-order valence-corrected chi connectivity index (χ1v) is 7.19. The summed E-state index contributed by atoms with van der Waals surface area (Å²) < 4.78 is 13.5. The smallest absolute Gasteiger partial charge is 0.224 e. The zero-order valence-electron chi connectivity index (χ0n) is 12.4. The van der Waals surface area contributed by atoms with Crippen LogP contribution in [0.3, 0.4) is 0 Å². The number of carbonyl (C=O) groups excluding carboxylic acids is 1. The van der Waals surface area contributed by atoms with Gasteiger partial charge in [0.25, 0.3) is 0 Å². The summed E-state index contributed by atoms with van der Waals surface area (Å²) in [6, 6.07) is 14.4. The normalized spacial score (nSPS) is 10.7. The molecule has 0 aliphatic rings. The highest BCUT2D eigenvalue weighted by molar-refractivity contribution is 5.90. The van der Waals surface area contributed by atoms with Gasteiger partial charge in [0.05, 0.1) is 0 Å². The Morgan fingerprint density at radius 3 is 2.62 bits per heavy atom. The minimum Gasteiger partial charge on any atom is -0.326 e. The summed E-state index contributed by atoms with van der Waals surface area (Å²) >= 11 is 0. The van der Waals surface area contributed by atoms with E-state index in [1.54, 1.807) is 18.2 Å². The number of aryl methyl sites for hydroxylation is 1. The second kappa shape index (κ2) is 7.02. The Morgan fingerprint density at radius 2 is 1.90 bits per heavy atom. The number of halogens is 1. The number of nitrogens with one attached hydrogen (secondary N) is 1. The fourth-order valence-corrected chi connectivity index (χ4v) is 2.15. The van der Waals surface area contributed by atoms with Crippen molar-refractivity contribution in [3.05, 3.63) is 65.5 Å². The Labute approximate surface area is 125 Å². The van der Waals surface area contributed by atoms with E-state index in [1.165, 1.54) is 11.6 Å². The largest absolute Gasteiger partial charge is 0.326 e. The van der Waals surface area contributed by atoms with E-state index in [0.717, 1.165) is 5.69 Å². The maximum absolute atomic E-state index is 13.5. The molecule has 0 aliphatic carbocycles. The maximum Gasteiger partial charge on any atom is 0.224 e. The molecule has 3 heteroatoms. The summed E-state index contributed by atoms with van der Waals surface area (Å²) in [5.74, 6) is 0.0616. The summed E-state index contributed by atoms with van der Waals surface area (Å²) in [5, 5.41) is 2.87. The molecule has 0 aliphatic heterocycles. The average Bonchev–Trinajstić information content (AvgIpc) is 2.46. The number of rotatable bonds is 5. The van der Waals surface area contributed by atoms with Gasteiger partial charge in [0.15, 0.2) is 0 Å². The Hall–Kier alpha value is -2.16. The number of amides is 1. The van der Waals surface area contributed by atoms with Crippen LogP contribution in [0.2, 0.25) is 0 Å². The lowest BCUT2D eigenvalue weighted by molar-refractivity contribution is -0.116. The lowest BCUT2D eigenvalue weighted by Crippen LogP contribution is -2.12. The van der Waals surface area contributed by atoms with Crippen molar-refractivity contribution in [2.45, 2.75) is 32.6 Å². The van der Waals surface area contributed by atoms with Gasteiger partial charge < -0.3 is 5.32 Å². The van der Waals surface area contributed by atoms with E-state index < -0.39 is 0 Å². The van der Waals surface area contributed by atoms with Crippen molar-refractivity contribution in [2.24, 2.45) is 0 Å². The van der Waals surface area contributed by atoms with Gasteiger partial charge in [-0.15, -0.1) is 0 Å². The van der Waals surface area contributed by atoms with Gasteiger partial charge >= 0.3 is 0 Å². The highest BCUT2D eigenvalue weighted by Crippen LogP contribution is 2.19. The molecule has 2 nitrogen and oxygen atoms in total. The van der Waals surface area contributed by atoms with E-state index in [9.17, 15) is 9.18 Å². The zero-order chi connectivity index (χ0) is 15.2. The van der Waals surface area contributed by atoms with E-state index in [4.69, 9.17) is 0 Å². The summed E-state index contributed by atoms with van der Waals surface area (Å²) in [6.07, 6.45) is 0.676. The topological polar surface area (TPSA) is 29.1 Å². The minimum absolute atomic E-state index is 0.0980. The van der Waals surface area contributed by atoms with Gasteiger partial charge in [-0.05, 0) is 41.7 Å².